The number of aryl methyl sites for hydroxylation is 1. The number of aromatic nitrogens is 1. The number of carboxylic acid groups (broad SMARTS) is 1. The van der Waals surface area contributed by atoms with E-state index in [0.717, 1.165) is 4.47 Å². The molecule has 6 nitrogen and oxygen atoms in total. The average molecular weight is 333 g/mol. The second kappa shape index (κ2) is 6.21. The van der Waals surface area contributed by atoms with Gasteiger partial charge in [0.15, 0.2) is 0 Å². The zero-order valence-electron chi connectivity index (χ0n) is 10.8. The van der Waals surface area contributed by atoms with Gasteiger partial charge in [-0.25, -0.2) is 0 Å². The largest absolute Gasteiger partial charge is 0.481 e. The van der Waals surface area contributed by atoms with E-state index >= 15 is 0 Å². The number of rotatable bonds is 6. The van der Waals surface area contributed by atoms with E-state index in [9.17, 15) is 14.7 Å². The molecule has 0 aliphatic rings. The Hall–Kier alpha value is -1.34. The third-order valence-corrected chi connectivity index (χ3v) is 3.03. The molecule has 0 radical (unpaired) electrons. The fourth-order valence-electron chi connectivity index (χ4n) is 1.68. The second-order valence-electron chi connectivity index (χ2n) is 4.58. The average Bonchev–Trinajstić information content (AvgIpc) is 2.66. The molecule has 1 atom stereocenters. The van der Waals surface area contributed by atoms with Gasteiger partial charge in [0, 0.05) is 23.8 Å². The number of nitrogens with one attached hydrogen (secondary N) is 1. The van der Waals surface area contributed by atoms with Gasteiger partial charge in [-0.15, -0.1) is 0 Å². The molecule has 1 aromatic rings. The Morgan fingerprint density at radius 1 is 1.53 bits per heavy atom. The van der Waals surface area contributed by atoms with Crippen molar-refractivity contribution in [1.82, 2.24) is 9.88 Å². The van der Waals surface area contributed by atoms with E-state index in [-0.39, 0.29) is 12.5 Å². The molecular weight excluding hydrogens is 316 g/mol. The summed E-state index contributed by atoms with van der Waals surface area (Å²) in [5, 5.41) is 21.0. The van der Waals surface area contributed by atoms with Gasteiger partial charge in [0.2, 0.25) is 0 Å². The first-order valence-electron chi connectivity index (χ1n) is 5.83. The molecule has 1 amide bonds. The lowest BCUT2D eigenvalue weighted by atomic mass is 10.0. The van der Waals surface area contributed by atoms with Gasteiger partial charge in [0.25, 0.3) is 5.91 Å². The molecular formula is C12H17BrN2O4. The first kappa shape index (κ1) is 15.7. The molecule has 1 rings (SSSR count). The number of aliphatic hydroxyl groups is 1. The maximum Gasteiger partial charge on any atom is 0.306 e. The monoisotopic (exact) mass is 332 g/mol. The van der Waals surface area contributed by atoms with Crippen LogP contribution in [0.5, 0.6) is 0 Å². The summed E-state index contributed by atoms with van der Waals surface area (Å²) in [7, 11) is 0. The highest BCUT2D eigenvalue weighted by Crippen LogP contribution is 2.15. The Morgan fingerprint density at radius 3 is 2.68 bits per heavy atom. The molecule has 3 N–H and O–H groups in total. The number of carbonyl (C=O) groups is 2. The van der Waals surface area contributed by atoms with Crippen LogP contribution in [-0.2, 0) is 11.3 Å². The fraction of sp³-hybridized carbons (Fsp3) is 0.500. The highest BCUT2D eigenvalue weighted by molar-refractivity contribution is 9.10. The van der Waals surface area contributed by atoms with Gasteiger partial charge in [0.1, 0.15) is 5.69 Å². The van der Waals surface area contributed by atoms with Gasteiger partial charge in [0.05, 0.1) is 12.0 Å². The van der Waals surface area contributed by atoms with Crippen molar-refractivity contribution in [3.8, 4) is 0 Å². The summed E-state index contributed by atoms with van der Waals surface area (Å²) in [5.74, 6) is -1.46. The molecule has 7 heteroatoms. The van der Waals surface area contributed by atoms with E-state index in [1.165, 1.54) is 6.92 Å². The van der Waals surface area contributed by atoms with Gasteiger partial charge in [-0.05, 0) is 35.8 Å². The molecule has 1 unspecified atom stereocenters. The quantitative estimate of drug-likeness (QED) is 0.730. The summed E-state index contributed by atoms with van der Waals surface area (Å²) in [5.41, 5.74) is -1.01. The predicted octanol–water partition coefficient (Wildman–Crippen LogP) is 1.23. The van der Waals surface area contributed by atoms with E-state index in [2.05, 4.69) is 21.2 Å². The van der Waals surface area contributed by atoms with E-state index in [4.69, 9.17) is 5.11 Å². The van der Waals surface area contributed by atoms with Crippen LogP contribution >= 0.6 is 15.9 Å². The van der Waals surface area contributed by atoms with Crippen LogP contribution in [0.25, 0.3) is 0 Å². The highest BCUT2D eigenvalue weighted by Gasteiger charge is 2.25. The number of carboxylic acids is 1. The van der Waals surface area contributed by atoms with E-state index in [0.29, 0.717) is 12.2 Å². The minimum Gasteiger partial charge on any atom is -0.481 e. The summed E-state index contributed by atoms with van der Waals surface area (Å²) >= 11 is 3.29. The number of amides is 1. The van der Waals surface area contributed by atoms with Gasteiger partial charge < -0.3 is 20.1 Å². The van der Waals surface area contributed by atoms with E-state index in [1.54, 1.807) is 16.8 Å². The van der Waals surface area contributed by atoms with Crippen molar-refractivity contribution in [2.24, 2.45) is 0 Å². The molecule has 19 heavy (non-hydrogen) atoms. The van der Waals surface area contributed by atoms with Crippen molar-refractivity contribution < 1.29 is 19.8 Å². The Balaban J connectivity index is 2.67. The topological polar surface area (TPSA) is 91.6 Å². The number of halogens is 1. The van der Waals surface area contributed by atoms with Gasteiger partial charge in [-0.3, -0.25) is 9.59 Å². The lowest BCUT2D eigenvalue weighted by Gasteiger charge is -2.21. The molecule has 0 saturated carbocycles. The summed E-state index contributed by atoms with van der Waals surface area (Å²) in [4.78, 5) is 22.5. The summed E-state index contributed by atoms with van der Waals surface area (Å²) in [6, 6.07) is 1.67. The zero-order valence-corrected chi connectivity index (χ0v) is 12.4. The lowest BCUT2D eigenvalue weighted by molar-refractivity contribution is -0.141. The summed E-state index contributed by atoms with van der Waals surface area (Å²) in [6.07, 6.45) is 1.36. The fourth-order valence-corrected chi connectivity index (χ4v) is 2.14. The second-order valence-corrected chi connectivity index (χ2v) is 5.50. The molecule has 1 aromatic heterocycles. The summed E-state index contributed by atoms with van der Waals surface area (Å²) in [6.45, 7) is 3.80. The van der Waals surface area contributed by atoms with Crippen LogP contribution in [0.4, 0.5) is 0 Å². The van der Waals surface area contributed by atoms with Crippen LogP contribution in [0.15, 0.2) is 16.7 Å². The summed E-state index contributed by atoms with van der Waals surface area (Å²) < 4.78 is 2.54. The minimum atomic E-state index is -1.47. The third kappa shape index (κ3) is 4.68. The number of hydrogen-bond donors (Lipinski definition) is 3. The van der Waals surface area contributed by atoms with E-state index in [1.807, 2.05) is 6.92 Å². The van der Waals surface area contributed by atoms with Gasteiger partial charge >= 0.3 is 5.97 Å². The Kier molecular flexibility index (Phi) is 5.13. The highest BCUT2D eigenvalue weighted by atomic mass is 79.9. The molecule has 0 spiro atoms. The zero-order chi connectivity index (χ0) is 14.6. The normalized spacial score (nSPS) is 13.9. The molecule has 0 saturated heterocycles. The molecule has 0 aromatic carbocycles. The van der Waals surface area contributed by atoms with Crippen molar-refractivity contribution >= 4 is 27.8 Å². The SMILES string of the molecule is CCn1cc(Br)cc1C(=O)NCC(C)(O)CC(=O)O. The van der Waals surface area contributed by atoms with Crippen LogP contribution in [0.2, 0.25) is 0 Å². The van der Waals surface area contributed by atoms with Crippen molar-refractivity contribution in [3.63, 3.8) is 0 Å². The molecule has 0 bridgehead atoms. The molecule has 106 valence electrons. The third-order valence-electron chi connectivity index (χ3n) is 2.60. The van der Waals surface area contributed by atoms with Crippen molar-refractivity contribution in [2.45, 2.75) is 32.4 Å². The smallest absolute Gasteiger partial charge is 0.306 e. The Labute approximate surface area is 119 Å². The van der Waals surface area contributed by atoms with Crippen LogP contribution < -0.4 is 5.32 Å². The molecule has 0 aliphatic heterocycles. The predicted molar refractivity (Wildman–Crippen MR) is 73.0 cm³/mol. The Bertz CT molecular complexity index is 482. The first-order chi connectivity index (χ1) is 8.75. The van der Waals surface area contributed by atoms with Crippen molar-refractivity contribution in [1.29, 1.82) is 0 Å². The lowest BCUT2D eigenvalue weighted by Crippen LogP contribution is -2.42. The van der Waals surface area contributed by atoms with Crippen LogP contribution in [0, 0.1) is 0 Å². The molecule has 0 fully saturated rings. The molecule has 1 heterocycles. The van der Waals surface area contributed by atoms with Crippen molar-refractivity contribution in [2.75, 3.05) is 6.54 Å². The number of carbonyl (C=O) groups excluding carboxylic acids is 1. The van der Waals surface area contributed by atoms with Gasteiger partial charge in [-0.2, -0.15) is 0 Å². The maximum absolute atomic E-state index is 12.0. The van der Waals surface area contributed by atoms with E-state index < -0.39 is 18.0 Å². The van der Waals surface area contributed by atoms with Crippen LogP contribution in [-0.4, -0.2) is 38.8 Å². The molecule has 0 aliphatic carbocycles. The van der Waals surface area contributed by atoms with Gasteiger partial charge in [-0.1, -0.05) is 0 Å². The maximum atomic E-state index is 12.0. The number of nitrogens with zero attached hydrogens (tertiary/aromatic N) is 1. The standard InChI is InChI=1S/C12H17BrN2O4/c1-3-15-6-8(13)4-9(15)11(18)14-7-12(2,19)5-10(16)17/h4,6,19H,3,5,7H2,1-2H3,(H,14,18)(H,16,17). The number of aliphatic carboxylic acids is 1. The minimum absolute atomic E-state index is 0.120. The number of hydrogen-bond acceptors (Lipinski definition) is 3. The van der Waals surface area contributed by atoms with Crippen molar-refractivity contribution in [3.05, 3.63) is 22.4 Å². The van der Waals surface area contributed by atoms with Crippen LogP contribution in [0.3, 0.4) is 0 Å². The Morgan fingerprint density at radius 2 is 2.16 bits per heavy atom. The first-order valence-corrected chi connectivity index (χ1v) is 6.62. The van der Waals surface area contributed by atoms with Crippen LogP contribution in [0.1, 0.15) is 30.8 Å².